The first kappa shape index (κ1) is 15.7. The van der Waals surface area contributed by atoms with Crippen LogP contribution >= 0.6 is 0 Å². The lowest BCUT2D eigenvalue weighted by Crippen LogP contribution is -2.40. The van der Waals surface area contributed by atoms with E-state index < -0.39 is 5.54 Å². The van der Waals surface area contributed by atoms with E-state index in [1.165, 1.54) is 39.0 Å². The van der Waals surface area contributed by atoms with E-state index in [1.54, 1.807) is 0 Å². The number of hydrogen-bond acceptors (Lipinski definition) is 5. The summed E-state index contributed by atoms with van der Waals surface area (Å²) in [7, 11) is 0. The minimum atomic E-state index is -0.684. The van der Waals surface area contributed by atoms with Gasteiger partial charge in [-0.2, -0.15) is 10.1 Å². The van der Waals surface area contributed by atoms with Crippen molar-refractivity contribution in [3.05, 3.63) is 17.6 Å². The van der Waals surface area contributed by atoms with Crippen molar-refractivity contribution in [2.45, 2.75) is 64.3 Å². The quantitative estimate of drug-likeness (QED) is 0.903. The SMILES string of the molecule is CC(=O)NC(C)(C)c1noc(-c2cc(C3CCCCC3)[nH]n2)n1. The average Bonchev–Trinajstić information content (AvgIpc) is 3.16. The van der Waals surface area contributed by atoms with Crippen LogP contribution in [0.2, 0.25) is 0 Å². The summed E-state index contributed by atoms with van der Waals surface area (Å²) in [5, 5.41) is 14.2. The molecular weight excluding hydrogens is 294 g/mol. The predicted molar refractivity (Wildman–Crippen MR) is 84.5 cm³/mol. The summed E-state index contributed by atoms with van der Waals surface area (Å²) in [6, 6.07) is 2.00. The molecular formula is C16H23N5O2. The third-order valence-corrected chi connectivity index (χ3v) is 4.34. The summed E-state index contributed by atoms with van der Waals surface area (Å²) in [5.41, 5.74) is 1.11. The van der Waals surface area contributed by atoms with Crippen molar-refractivity contribution in [3.63, 3.8) is 0 Å². The Bertz CT molecular complexity index is 682. The van der Waals surface area contributed by atoms with E-state index in [1.807, 2.05) is 19.9 Å². The lowest BCUT2D eigenvalue weighted by atomic mass is 9.87. The summed E-state index contributed by atoms with van der Waals surface area (Å²) in [6.07, 6.45) is 6.27. The van der Waals surface area contributed by atoms with Gasteiger partial charge in [0.1, 0.15) is 0 Å². The third kappa shape index (κ3) is 3.43. The maximum atomic E-state index is 11.3. The predicted octanol–water partition coefficient (Wildman–Crippen LogP) is 2.88. The molecule has 1 aliphatic carbocycles. The number of hydrogen-bond donors (Lipinski definition) is 2. The monoisotopic (exact) mass is 317 g/mol. The summed E-state index contributed by atoms with van der Waals surface area (Å²) in [6.45, 7) is 5.13. The molecule has 2 N–H and O–H groups in total. The Kier molecular flexibility index (Phi) is 4.19. The van der Waals surface area contributed by atoms with Crippen LogP contribution in [0, 0.1) is 0 Å². The lowest BCUT2D eigenvalue weighted by Gasteiger charge is -2.20. The van der Waals surface area contributed by atoms with Crippen LogP contribution in [0.1, 0.15) is 70.3 Å². The van der Waals surface area contributed by atoms with Crippen LogP contribution < -0.4 is 5.32 Å². The first-order valence-electron chi connectivity index (χ1n) is 8.14. The van der Waals surface area contributed by atoms with Gasteiger partial charge in [0, 0.05) is 18.5 Å². The molecule has 2 aromatic rings. The molecule has 1 amide bonds. The largest absolute Gasteiger partial charge is 0.344 e. The molecule has 0 aliphatic heterocycles. The number of H-pyrrole nitrogens is 1. The highest BCUT2D eigenvalue weighted by atomic mass is 16.5. The number of nitrogens with one attached hydrogen (secondary N) is 2. The Morgan fingerprint density at radius 3 is 2.78 bits per heavy atom. The normalized spacial score (nSPS) is 16.5. The Hall–Kier alpha value is -2.18. The summed E-state index contributed by atoms with van der Waals surface area (Å²) < 4.78 is 5.32. The molecule has 0 saturated heterocycles. The molecule has 124 valence electrons. The van der Waals surface area contributed by atoms with Gasteiger partial charge in [0.05, 0.1) is 5.54 Å². The van der Waals surface area contributed by atoms with Crippen LogP contribution in [0.15, 0.2) is 10.6 Å². The van der Waals surface area contributed by atoms with Crippen LogP contribution in [0.4, 0.5) is 0 Å². The van der Waals surface area contributed by atoms with Crippen LogP contribution in [-0.2, 0) is 10.3 Å². The fourth-order valence-electron chi connectivity index (χ4n) is 3.15. The maximum Gasteiger partial charge on any atom is 0.278 e. The van der Waals surface area contributed by atoms with Gasteiger partial charge in [0.25, 0.3) is 5.89 Å². The van der Waals surface area contributed by atoms with Crippen LogP contribution in [0.5, 0.6) is 0 Å². The van der Waals surface area contributed by atoms with E-state index in [0.717, 1.165) is 5.69 Å². The zero-order valence-electron chi connectivity index (χ0n) is 13.8. The van der Waals surface area contributed by atoms with Gasteiger partial charge in [-0.25, -0.2) is 0 Å². The van der Waals surface area contributed by atoms with Gasteiger partial charge >= 0.3 is 0 Å². The summed E-state index contributed by atoms with van der Waals surface area (Å²) in [5.74, 6) is 1.21. The molecule has 0 aromatic carbocycles. The zero-order valence-corrected chi connectivity index (χ0v) is 13.8. The Labute approximate surface area is 135 Å². The molecule has 2 heterocycles. The number of carbonyl (C=O) groups excluding carboxylic acids is 1. The summed E-state index contributed by atoms with van der Waals surface area (Å²) in [4.78, 5) is 15.7. The van der Waals surface area contributed by atoms with Gasteiger partial charge < -0.3 is 9.84 Å². The van der Waals surface area contributed by atoms with Crippen LogP contribution in [0.3, 0.4) is 0 Å². The van der Waals surface area contributed by atoms with E-state index in [9.17, 15) is 4.79 Å². The molecule has 7 nitrogen and oxygen atoms in total. The first-order chi connectivity index (χ1) is 11.0. The molecule has 1 saturated carbocycles. The highest BCUT2D eigenvalue weighted by molar-refractivity contribution is 5.73. The van der Waals surface area contributed by atoms with E-state index in [0.29, 0.717) is 23.3 Å². The van der Waals surface area contributed by atoms with Crippen LogP contribution in [-0.4, -0.2) is 26.2 Å². The average molecular weight is 317 g/mol. The van der Waals surface area contributed by atoms with Crippen molar-refractivity contribution in [1.82, 2.24) is 25.7 Å². The minimum Gasteiger partial charge on any atom is -0.344 e. The van der Waals surface area contributed by atoms with Crippen molar-refractivity contribution in [1.29, 1.82) is 0 Å². The molecule has 0 spiro atoms. The Balaban J connectivity index is 1.78. The van der Waals surface area contributed by atoms with Crippen LogP contribution in [0.25, 0.3) is 11.6 Å². The molecule has 0 unspecified atom stereocenters. The smallest absolute Gasteiger partial charge is 0.278 e. The second-order valence-electron chi connectivity index (χ2n) is 6.77. The van der Waals surface area contributed by atoms with Gasteiger partial charge in [-0.15, -0.1) is 0 Å². The number of rotatable bonds is 4. The molecule has 1 aliphatic rings. The standard InChI is InChI=1S/C16H23N5O2/c1-10(22)18-16(2,3)15-17-14(23-21-15)13-9-12(19-20-13)11-7-5-4-6-8-11/h9,11H,4-8H2,1-3H3,(H,18,22)(H,19,20). The number of aromatic nitrogens is 4. The second-order valence-corrected chi connectivity index (χ2v) is 6.77. The molecule has 1 fully saturated rings. The zero-order chi connectivity index (χ0) is 16.4. The van der Waals surface area contributed by atoms with E-state index in [4.69, 9.17) is 4.52 Å². The van der Waals surface area contributed by atoms with Gasteiger partial charge in [0.15, 0.2) is 11.5 Å². The molecule has 0 atom stereocenters. The highest BCUT2D eigenvalue weighted by Crippen LogP contribution is 2.33. The number of amides is 1. The maximum absolute atomic E-state index is 11.3. The molecule has 3 rings (SSSR count). The Morgan fingerprint density at radius 2 is 2.09 bits per heavy atom. The lowest BCUT2D eigenvalue weighted by molar-refractivity contribution is -0.120. The van der Waals surface area contributed by atoms with E-state index >= 15 is 0 Å². The van der Waals surface area contributed by atoms with Gasteiger partial charge in [-0.3, -0.25) is 9.89 Å². The molecule has 23 heavy (non-hydrogen) atoms. The topological polar surface area (TPSA) is 96.7 Å². The van der Waals surface area contributed by atoms with Crippen molar-refractivity contribution in [3.8, 4) is 11.6 Å². The first-order valence-corrected chi connectivity index (χ1v) is 8.14. The van der Waals surface area contributed by atoms with E-state index in [2.05, 4.69) is 25.7 Å². The molecule has 0 radical (unpaired) electrons. The molecule has 2 aromatic heterocycles. The van der Waals surface area contributed by atoms with Crippen molar-refractivity contribution < 1.29 is 9.32 Å². The van der Waals surface area contributed by atoms with Crippen molar-refractivity contribution in [2.24, 2.45) is 0 Å². The highest BCUT2D eigenvalue weighted by Gasteiger charge is 2.28. The molecule has 0 bridgehead atoms. The fourth-order valence-corrected chi connectivity index (χ4v) is 3.15. The van der Waals surface area contributed by atoms with Gasteiger partial charge in [-0.05, 0) is 32.8 Å². The van der Waals surface area contributed by atoms with Crippen molar-refractivity contribution >= 4 is 5.91 Å². The number of aromatic amines is 1. The third-order valence-electron chi connectivity index (χ3n) is 4.34. The van der Waals surface area contributed by atoms with E-state index in [-0.39, 0.29) is 5.91 Å². The minimum absolute atomic E-state index is 0.138. The summed E-state index contributed by atoms with van der Waals surface area (Å²) >= 11 is 0. The van der Waals surface area contributed by atoms with Crippen molar-refractivity contribution in [2.75, 3.05) is 0 Å². The number of nitrogens with zero attached hydrogens (tertiary/aromatic N) is 3. The number of carbonyl (C=O) groups is 1. The second kappa shape index (κ2) is 6.14. The fraction of sp³-hybridized carbons (Fsp3) is 0.625. The Morgan fingerprint density at radius 1 is 1.35 bits per heavy atom. The van der Waals surface area contributed by atoms with Gasteiger partial charge in [-0.1, -0.05) is 24.4 Å². The van der Waals surface area contributed by atoms with Gasteiger partial charge in [0.2, 0.25) is 5.91 Å². The molecule has 7 heteroatoms.